The summed E-state index contributed by atoms with van der Waals surface area (Å²) in [6.45, 7) is 2.06. The molecule has 3 rings (SSSR count). The van der Waals surface area contributed by atoms with E-state index in [9.17, 15) is 4.79 Å². The maximum Gasteiger partial charge on any atom is 0.254 e. The fraction of sp³-hybridized carbons (Fsp3) is 0.188. The number of nitrogens with zero attached hydrogens (tertiary/aromatic N) is 2. The van der Waals surface area contributed by atoms with Crippen LogP contribution < -0.4 is 5.56 Å². The third kappa shape index (κ3) is 2.09. The highest BCUT2D eigenvalue weighted by Gasteiger charge is 2.12. The van der Waals surface area contributed by atoms with E-state index in [1.54, 1.807) is 6.20 Å². The van der Waals surface area contributed by atoms with Crippen LogP contribution in [0.3, 0.4) is 0 Å². The first-order chi connectivity index (χ1) is 9.81. The van der Waals surface area contributed by atoms with E-state index >= 15 is 0 Å². The van der Waals surface area contributed by atoms with E-state index in [-0.39, 0.29) is 5.56 Å². The number of rotatable bonds is 3. The number of aromatic nitrogens is 3. The lowest BCUT2D eigenvalue weighted by Crippen LogP contribution is -2.14. The van der Waals surface area contributed by atoms with Gasteiger partial charge in [-0.05, 0) is 18.6 Å². The Kier molecular flexibility index (Phi) is 3.29. The molecule has 0 unspecified atom stereocenters. The van der Waals surface area contributed by atoms with Crippen molar-refractivity contribution in [3.63, 3.8) is 0 Å². The number of nitrogens with one attached hydrogen (secondary N) is 1. The van der Waals surface area contributed by atoms with Gasteiger partial charge in [0.05, 0.1) is 17.5 Å². The zero-order valence-corrected chi connectivity index (χ0v) is 11.3. The SMILES string of the molecule is CCCc1c(-c2cccc3ncccc23)nc[nH]c1=O. The Hall–Kier alpha value is -2.49. The van der Waals surface area contributed by atoms with Crippen molar-refractivity contribution < 1.29 is 0 Å². The van der Waals surface area contributed by atoms with Crippen molar-refractivity contribution in [1.29, 1.82) is 0 Å². The van der Waals surface area contributed by atoms with Crippen molar-refractivity contribution in [2.24, 2.45) is 0 Å². The van der Waals surface area contributed by atoms with E-state index in [0.29, 0.717) is 0 Å². The molecule has 0 spiro atoms. The molecule has 0 saturated heterocycles. The van der Waals surface area contributed by atoms with Crippen molar-refractivity contribution in [1.82, 2.24) is 15.0 Å². The second-order valence-electron chi connectivity index (χ2n) is 4.68. The summed E-state index contributed by atoms with van der Waals surface area (Å²) in [6.07, 6.45) is 4.86. The first-order valence-corrected chi connectivity index (χ1v) is 6.72. The Balaban J connectivity index is 2.31. The van der Waals surface area contributed by atoms with Gasteiger partial charge >= 0.3 is 0 Å². The second kappa shape index (κ2) is 5.25. The Morgan fingerprint density at radius 3 is 2.90 bits per heavy atom. The lowest BCUT2D eigenvalue weighted by molar-refractivity contribution is 0.888. The number of H-pyrrole nitrogens is 1. The molecule has 3 aromatic rings. The van der Waals surface area contributed by atoms with E-state index in [2.05, 4.69) is 21.9 Å². The minimum atomic E-state index is -0.0576. The lowest BCUT2D eigenvalue weighted by atomic mass is 10.00. The average Bonchev–Trinajstić information content (AvgIpc) is 2.49. The zero-order valence-electron chi connectivity index (χ0n) is 11.3. The van der Waals surface area contributed by atoms with Gasteiger partial charge in [-0.2, -0.15) is 0 Å². The van der Waals surface area contributed by atoms with Crippen molar-refractivity contribution in [3.8, 4) is 11.3 Å². The number of pyridine rings is 1. The van der Waals surface area contributed by atoms with Crippen LogP contribution in [0, 0.1) is 0 Å². The summed E-state index contributed by atoms with van der Waals surface area (Å²) in [6, 6.07) is 9.81. The molecule has 0 fully saturated rings. The van der Waals surface area contributed by atoms with E-state index in [1.165, 1.54) is 6.33 Å². The standard InChI is InChI=1S/C16H15N3O/c1-2-5-13-15(18-10-19-16(13)20)12-6-3-8-14-11(12)7-4-9-17-14/h3-4,6-10H,2,5H2,1H3,(H,18,19,20). The smallest absolute Gasteiger partial charge is 0.254 e. The Bertz CT molecular complexity index is 803. The first kappa shape index (κ1) is 12.5. The molecule has 0 amide bonds. The van der Waals surface area contributed by atoms with E-state index in [4.69, 9.17) is 0 Å². The Labute approximate surface area is 116 Å². The van der Waals surface area contributed by atoms with Crippen LogP contribution in [0.15, 0.2) is 47.7 Å². The predicted octanol–water partition coefficient (Wildman–Crippen LogP) is 2.94. The molecule has 0 atom stereocenters. The monoisotopic (exact) mass is 265 g/mol. The first-order valence-electron chi connectivity index (χ1n) is 6.72. The van der Waals surface area contributed by atoms with Crippen LogP contribution in [0.4, 0.5) is 0 Å². The fourth-order valence-corrected chi connectivity index (χ4v) is 2.45. The molecule has 2 heterocycles. The molecule has 0 aliphatic rings. The molecule has 20 heavy (non-hydrogen) atoms. The van der Waals surface area contributed by atoms with E-state index in [0.717, 1.165) is 40.6 Å². The number of aromatic amines is 1. The number of hydrogen-bond donors (Lipinski definition) is 1. The van der Waals surface area contributed by atoms with E-state index < -0.39 is 0 Å². The number of fused-ring (bicyclic) bond motifs is 1. The Morgan fingerprint density at radius 1 is 1.15 bits per heavy atom. The third-order valence-electron chi connectivity index (χ3n) is 3.35. The third-order valence-corrected chi connectivity index (χ3v) is 3.35. The molecular weight excluding hydrogens is 250 g/mol. The van der Waals surface area contributed by atoms with Gasteiger partial charge < -0.3 is 4.98 Å². The van der Waals surface area contributed by atoms with Crippen molar-refractivity contribution in [3.05, 3.63) is 58.8 Å². The summed E-state index contributed by atoms with van der Waals surface area (Å²) < 4.78 is 0. The van der Waals surface area contributed by atoms with Crippen LogP contribution in [0.5, 0.6) is 0 Å². The van der Waals surface area contributed by atoms with E-state index in [1.807, 2.05) is 30.3 Å². The predicted molar refractivity (Wildman–Crippen MR) is 79.6 cm³/mol. The second-order valence-corrected chi connectivity index (χ2v) is 4.68. The molecular formula is C16H15N3O. The lowest BCUT2D eigenvalue weighted by Gasteiger charge is -2.09. The van der Waals surface area contributed by atoms with Crippen LogP contribution in [0.25, 0.3) is 22.2 Å². The van der Waals surface area contributed by atoms with Gasteiger partial charge in [-0.15, -0.1) is 0 Å². The van der Waals surface area contributed by atoms with Crippen molar-refractivity contribution in [2.45, 2.75) is 19.8 Å². The van der Waals surface area contributed by atoms with Gasteiger partial charge in [-0.3, -0.25) is 9.78 Å². The van der Waals surface area contributed by atoms with Crippen molar-refractivity contribution in [2.75, 3.05) is 0 Å². The fourth-order valence-electron chi connectivity index (χ4n) is 2.45. The molecule has 0 aliphatic heterocycles. The summed E-state index contributed by atoms with van der Waals surface area (Å²) in [4.78, 5) is 23.4. The normalized spacial score (nSPS) is 10.8. The quantitative estimate of drug-likeness (QED) is 0.792. The van der Waals surface area contributed by atoms with Gasteiger partial charge in [-0.1, -0.05) is 31.5 Å². The summed E-state index contributed by atoms with van der Waals surface area (Å²) in [5, 5.41) is 1.02. The van der Waals surface area contributed by atoms with Crippen molar-refractivity contribution >= 4 is 10.9 Å². The average molecular weight is 265 g/mol. The van der Waals surface area contributed by atoms with Gasteiger partial charge in [0.25, 0.3) is 5.56 Å². The van der Waals surface area contributed by atoms with Gasteiger partial charge in [-0.25, -0.2) is 4.98 Å². The minimum Gasteiger partial charge on any atom is -0.313 e. The summed E-state index contributed by atoms with van der Waals surface area (Å²) in [5.41, 5.74) is 3.32. The highest BCUT2D eigenvalue weighted by Crippen LogP contribution is 2.27. The maximum atomic E-state index is 12.0. The van der Waals surface area contributed by atoms with Crippen LogP contribution in [-0.4, -0.2) is 15.0 Å². The summed E-state index contributed by atoms with van der Waals surface area (Å²) >= 11 is 0. The number of benzene rings is 1. The molecule has 0 aliphatic carbocycles. The summed E-state index contributed by atoms with van der Waals surface area (Å²) in [5.74, 6) is 0. The van der Waals surface area contributed by atoms with Crippen LogP contribution >= 0.6 is 0 Å². The maximum absolute atomic E-state index is 12.0. The highest BCUT2D eigenvalue weighted by atomic mass is 16.1. The van der Waals surface area contributed by atoms with Gasteiger partial charge in [0.15, 0.2) is 0 Å². The largest absolute Gasteiger partial charge is 0.313 e. The molecule has 4 heteroatoms. The molecule has 0 radical (unpaired) electrons. The molecule has 0 saturated carbocycles. The number of hydrogen-bond acceptors (Lipinski definition) is 3. The van der Waals surface area contributed by atoms with Crippen LogP contribution in [0.1, 0.15) is 18.9 Å². The molecule has 1 aromatic carbocycles. The molecule has 1 N–H and O–H groups in total. The van der Waals surface area contributed by atoms with Gasteiger partial charge in [0, 0.05) is 22.7 Å². The van der Waals surface area contributed by atoms with Crippen LogP contribution in [-0.2, 0) is 6.42 Å². The zero-order chi connectivity index (χ0) is 13.9. The molecule has 2 aromatic heterocycles. The summed E-state index contributed by atoms with van der Waals surface area (Å²) in [7, 11) is 0. The molecule has 0 bridgehead atoms. The minimum absolute atomic E-state index is 0.0576. The Morgan fingerprint density at radius 2 is 2.05 bits per heavy atom. The van der Waals surface area contributed by atoms with Crippen LogP contribution in [0.2, 0.25) is 0 Å². The topological polar surface area (TPSA) is 58.6 Å². The van der Waals surface area contributed by atoms with Gasteiger partial charge in [0.2, 0.25) is 0 Å². The molecule has 100 valence electrons. The van der Waals surface area contributed by atoms with Gasteiger partial charge in [0.1, 0.15) is 0 Å². The highest BCUT2D eigenvalue weighted by molar-refractivity contribution is 5.94. The molecule has 4 nitrogen and oxygen atoms in total.